The third-order valence-electron chi connectivity index (χ3n) is 4.66. The highest BCUT2D eigenvalue weighted by Gasteiger charge is 2.40. The molecule has 0 aromatic heterocycles. The minimum absolute atomic E-state index is 0.377. The summed E-state index contributed by atoms with van der Waals surface area (Å²) in [6.45, 7) is 13.9. The van der Waals surface area contributed by atoms with Gasteiger partial charge in [0.1, 0.15) is 0 Å². The zero-order valence-corrected chi connectivity index (χ0v) is 11.7. The molecule has 0 radical (unpaired) electrons. The molecule has 96 valence electrons. The first-order chi connectivity index (χ1) is 7.35. The van der Waals surface area contributed by atoms with Crippen molar-refractivity contribution in [3.8, 4) is 0 Å². The molecule has 2 heteroatoms. The van der Waals surface area contributed by atoms with Crippen LogP contribution in [0, 0.1) is 23.2 Å². The average Bonchev–Trinajstić information content (AvgIpc) is 2.18. The molecule has 2 nitrogen and oxygen atoms in total. The fourth-order valence-corrected chi connectivity index (χ4v) is 2.85. The summed E-state index contributed by atoms with van der Waals surface area (Å²) in [4.78, 5) is 0. The summed E-state index contributed by atoms with van der Waals surface area (Å²) in [6.07, 6.45) is 2.47. The molecule has 16 heavy (non-hydrogen) atoms. The smallest absolute Gasteiger partial charge is 0.00698 e. The molecule has 0 heterocycles. The lowest BCUT2D eigenvalue weighted by molar-refractivity contribution is 0.0537. The number of hydrogen-bond acceptors (Lipinski definition) is 2. The first-order valence-corrected chi connectivity index (χ1v) is 6.82. The van der Waals surface area contributed by atoms with Crippen LogP contribution in [-0.2, 0) is 0 Å². The van der Waals surface area contributed by atoms with E-state index in [0.717, 1.165) is 24.9 Å². The van der Waals surface area contributed by atoms with Gasteiger partial charge in [-0.15, -0.1) is 0 Å². The van der Waals surface area contributed by atoms with Gasteiger partial charge in [-0.05, 0) is 49.1 Å². The predicted octanol–water partition coefficient (Wildman–Crippen LogP) is 2.63. The van der Waals surface area contributed by atoms with Crippen LogP contribution < -0.4 is 11.1 Å². The Morgan fingerprint density at radius 1 is 1.31 bits per heavy atom. The quantitative estimate of drug-likeness (QED) is 0.773. The molecule has 0 amide bonds. The topological polar surface area (TPSA) is 38.0 Å². The molecule has 3 unspecified atom stereocenters. The lowest BCUT2D eigenvalue weighted by Crippen LogP contribution is -2.49. The monoisotopic (exact) mass is 226 g/mol. The summed E-state index contributed by atoms with van der Waals surface area (Å²) in [5.74, 6) is 2.15. The maximum atomic E-state index is 6.17. The molecule has 0 saturated heterocycles. The van der Waals surface area contributed by atoms with Gasteiger partial charge in [-0.25, -0.2) is 0 Å². The highest BCUT2D eigenvalue weighted by atomic mass is 14.9. The SMILES string of the molecule is CC(C)CNCC1CCC(N)C(C)C1(C)C. The van der Waals surface area contributed by atoms with E-state index in [1.54, 1.807) is 0 Å². The molecular weight excluding hydrogens is 196 g/mol. The van der Waals surface area contributed by atoms with E-state index in [9.17, 15) is 0 Å². The van der Waals surface area contributed by atoms with Crippen LogP contribution in [0.2, 0.25) is 0 Å². The summed E-state index contributed by atoms with van der Waals surface area (Å²) < 4.78 is 0. The minimum Gasteiger partial charge on any atom is -0.327 e. The largest absolute Gasteiger partial charge is 0.327 e. The van der Waals surface area contributed by atoms with Gasteiger partial charge in [-0.3, -0.25) is 0 Å². The molecule has 1 fully saturated rings. The Kier molecular flexibility index (Phi) is 4.81. The summed E-state index contributed by atoms with van der Waals surface area (Å²) in [5, 5.41) is 3.60. The van der Waals surface area contributed by atoms with Crippen LogP contribution in [0.1, 0.15) is 47.5 Å². The third-order valence-corrected chi connectivity index (χ3v) is 4.66. The predicted molar refractivity (Wildman–Crippen MR) is 71.4 cm³/mol. The summed E-state index contributed by atoms with van der Waals surface area (Å²) >= 11 is 0. The molecule has 1 aliphatic rings. The van der Waals surface area contributed by atoms with Gasteiger partial charge in [-0.1, -0.05) is 34.6 Å². The molecule has 3 atom stereocenters. The van der Waals surface area contributed by atoms with Gasteiger partial charge in [0.15, 0.2) is 0 Å². The van der Waals surface area contributed by atoms with E-state index < -0.39 is 0 Å². The van der Waals surface area contributed by atoms with Crippen molar-refractivity contribution in [1.29, 1.82) is 0 Å². The van der Waals surface area contributed by atoms with Crippen LogP contribution in [0.4, 0.5) is 0 Å². The van der Waals surface area contributed by atoms with Gasteiger partial charge in [0.05, 0.1) is 0 Å². The number of hydrogen-bond donors (Lipinski definition) is 2. The summed E-state index contributed by atoms with van der Waals surface area (Å²) in [5.41, 5.74) is 6.55. The van der Waals surface area contributed by atoms with Gasteiger partial charge in [0.25, 0.3) is 0 Å². The van der Waals surface area contributed by atoms with Gasteiger partial charge >= 0.3 is 0 Å². The van der Waals surface area contributed by atoms with E-state index in [4.69, 9.17) is 5.73 Å². The van der Waals surface area contributed by atoms with Crippen molar-refractivity contribution in [1.82, 2.24) is 5.32 Å². The van der Waals surface area contributed by atoms with Gasteiger partial charge in [-0.2, -0.15) is 0 Å². The van der Waals surface area contributed by atoms with Crippen LogP contribution in [-0.4, -0.2) is 19.1 Å². The van der Waals surface area contributed by atoms with Crippen LogP contribution >= 0.6 is 0 Å². The van der Waals surface area contributed by atoms with E-state index in [1.807, 2.05) is 0 Å². The zero-order chi connectivity index (χ0) is 12.3. The normalized spacial score (nSPS) is 34.3. The molecular formula is C14H30N2. The fraction of sp³-hybridized carbons (Fsp3) is 1.00. The van der Waals surface area contributed by atoms with E-state index in [2.05, 4.69) is 39.9 Å². The lowest BCUT2D eigenvalue weighted by atomic mass is 9.61. The van der Waals surface area contributed by atoms with Crippen molar-refractivity contribution in [3.63, 3.8) is 0 Å². The number of nitrogens with two attached hydrogens (primary N) is 1. The Morgan fingerprint density at radius 3 is 2.50 bits per heavy atom. The third kappa shape index (κ3) is 3.21. The Hall–Kier alpha value is -0.0800. The molecule has 0 aromatic carbocycles. The van der Waals surface area contributed by atoms with Crippen LogP contribution in [0.3, 0.4) is 0 Å². The van der Waals surface area contributed by atoms with Crippen LogP contribution in [0.15, 0.2) is 0 Å². The molecule has 0 aromatic rings. The first kappa shape index (κ1) is 14.0. The number of nitrogens with one attached hydrogen (secondary N) is 1. The van der Waals surface area contributed by atoms with Crippen molar-refractivity contribution >= 4 is 0 Å². The molecule has 0 spiro atoms. The van der Waals surface area contributed by atoms with Crippen molar-refractivity contribution in [2.75, 3.05) is 13.1 Å². The second-order valence-electron chi connectivity index (χ2n) is 6.60. The standard InChI is InChI=1S/C14H30N2/c1-10(2)8-16-9-12-6-7-13(15)11(3)14(12,4)5/h10-13,16H,6-9,15H2,1-5H3. The van der Waals surface area contributed by atoms with E-state index in [-0.39, 0.29) is 0 Å². The molecule has 1 saturated carbocycles. The van der Waals surface area contributed by atoms with Crippen molar-refractivity contribution < 1.29 is 0 Å². The molecule has 1 rings (SSSR count). The van der Waals surface area contributed by atoms with Gasteiger partial charge < -0.3 is 11.1 Å². The molecule has 0 aliphatic heterocycles. The average molecular weight is 226 g/mol. The second kappa shape index (κ2) is 5.50. The molecule has 3 N–H and O–H groups in total. The van der Waals surface area contributed by atoms with Gasteiger partial charge in [0, 0.05) is 6.04 Å². The molecule has 1 aliphatic carbocycles. The maximum absolute atomic E-state index is 6.17. The van der Waals surface area contributed by atoms with Crippen LogP contribution in [0.5, 0.6) is 0 Å². The Bertz CT molecular complexity index is 211. The first-order valence-electron chi connectivity index (χ1n) is 6.82. The Labute approximate surface area is 101 Å². The second-order valence-corrected chi connectivity index (χ2v) is 6.60. The maximum Gasteiger partial charge on any atom is 0.00698 e. The van der Waals surface area contributed by atoms with Gasteiger partial charge in [0.2, 0.25) is 0 Å². The number of rotatable bonds is 4. The zero-order valence-electron chi connectivity index (χ0n) is 11.7. The lowest BCUT2D eigenvalue weighted by Gasteiger charge is -2.47. The summed E-state index contributed by atoms with van der Waals surface area (Å²) in [7, 11) is 0. The fourth-order valence-electron chi connectivity index (χ4n) is 2.85. The highest BCUT2D eigenvalue weighted by molar-refractivity contribution is 4.94. The van der Waals surface area contributed by atoms with E-state index in [0.29, 0.717) is 17.4 Å². The van der Waals surface area contributed by atoms with E-state index >= 15 is 0 Å². The van der Waals surface area contributed by atoms with E-state index in [1.165, 1.54) is 12.8 Å². The Balaban J connectivity index is 2.47. The minimum atomic E-state index is 0.377. The molecule has 0 bridgehead atoms. The van der Waals surface area contributed by atoms with Crippen molar-refractivity contribution in [3.05, 3.63) is 0 Å². The van der Waals surface area contributed by atoms with Crippen molar-refractivity contribution in [2.45, 2.75) is 53.5 Å². The summed E-state index contributed by atoms with van der Waals surface area (Å²) in [6, 6.07) is 0.399. The van der Waals surface area contributed by atoms with Crippen LogP contribution in [0.25, 0.3) is 0 Å². The Morgan fingerprint density at radius 2 is 1.94 bits per heavy atom. The highest BCUT2D eigenvalue weighted by Crippen LogP contribution is 2.43. The van der Waals surface area contributed by atoms with Crippen molar-refractivity contribution in [2.24, 2.45) is 28.9 Å².